The van der Waals surface area contributed by atoms with Gasteiger partial charge < -0.3 is 4.57 Å². The van der Waals surface area contributed by atoms with Crippen LogP contribution in [0.2, 0.25) is 0 Å². The molecule has 0 bridgehead atoms. The summed E-state index contributed by atoms with van der Waals surface area (Å²) in [5, 5.41) is 12.6. The van der Waals surface area contributed by atoms with Crippen molar-refractivity contribution < 1.29 is 0 Å². The van der Waals surface area contributed by atoms with Crippen molar-refractivity contribution in [2.45, 2.75) is 17.8 Å². The fraction of sp³-hybridized carbons (Fsp3) is 0.158. The minimum atomic E-state index is 0.760. The SMILES string of the molecule is Cc1ccccc1-c1nc(CSc2nnc(-c3ccccn3)n2C)cs1. The second-order valence-corrected chi connectivity index (χ2v) is 7.63. The molecule has 1 aromatic carbocycles. The van der Waals surface area contributed by atoms with Crippen LogP contribution in [-0.4, -0.2) is 24.7 Å². The van der Waals surface area contributed by atoms with Crippen LogP contribution in [0.25, 0.3) is 22.1 Å². The predicted molar refractivity (Wildman–Crippen MR) is 106 cm³/mol. The second-order valence-electron chi connectivity index (χ2n) is 5.83. The van der Waals surface area contributed by atoms with Crippen LogP contribution in [0, 0.1) is 6.92 Å². The summed E-state index contributed by atoms with van der Waals surface area (Å²) < 4.78 is 1.97. The lowest BCUT2D eigenvalue weighted by molar-refractivity contribution is 0.792. The van der Waals surface area contributed by atoms with Gasteiger partial charge in [0.1, 0.15) is 10.7 Å². The number of pyridine rings is 1. The van der Waals surface area contributed by atoms with E-state index in [1.54, 1.807) is 29.3 Å². The summed E-state index contributed by atoms with van der Waals surface area (Å²) in [6.07, 6.45) is 1.76. The lowest BCUT2D eigenvalue weighted by Crippen LogP contribution is -1.96. The van der Waals surface area contributed by atoms with Crippen molar-refractivity contribution in [1.29, 1.82) is 0 Å². The van der Waals surface area contributed by atoms with Crippen LogP contribution in [0.4, 0.5) is 0 Å². The monoisotopic (exact) mass is 379 g/mol. The van der Waals surface area contributed by atoms with Gasteiger partial charge in [-0.2, -0.15) is 0 Å². The van der Waals surface area contributed by atoms with E-state index in [1.807, 2.05) is 29.8 Å². The molecule has 0 radical (unpaired) electrons. The topological polar surface area (TPSA) is 56.5 Å². The number of nitrogens with zero attached hydrogens (tertiary/aromatic N) is 5. The Morgan fingerprint density at radius 3 is 2.73 bits per heavy atom. The van der Waals surface area contributed by atoms with Crippen LogP contribution >= 0.6 is 23.1 Å². The van der Waals surface area contributed by atoms with Gasteiger partial charge in [0.2, 0.25) is 0 Å². The summed E-state index contributed by atoms with van der Waals surface area (Å²) >= 11 is 3.32. The van der Waals surface area contributed by atoms with Gasteiger partial charge in [0.05, 0.1) is 5.69 Å². The van der Waals surface area contributed by atoms with Crippen molar-refractivity contribution in [2.75, 3.05) is 0 Å². The Labute approximate surface area is 160 Å². The Morgan fingerprint density at radius 2 is 1.92 bits per heavy atom. The van der Waals surface area contributed by atoms with Crippen molar-refractivity contribution >= 4 is 23.1 Å². The first-order valence-corrected chi connectivity index (χ1v) is 10.0. The summed E-state index contributed by atoms with van der Waals surface area (Å²) in [6, 6.07) is 14.1. The molecule has 0 fully saturated rings. The maximum Gasteiger partial charge on any atom is 0.191 e. The molecule has 130 valence electrons. The van der Waals surface area contributed by atoms with E-state index in [2.05, 4.69) is 51.8 Å². The maximum atomic E-state index is 4.78. The third-order valence-electron chi connectivity index (χ3n) is 4.01. The first kappa shape index (κ1) is 16.9. The summed E-state index contributed by atoms with van der Waals surface area (Å²) in [5.41, 5.74) is 4.32. The number of hydrogen-bond acceptors (Lipinski definition) is 6. The smallest absolute Gasteiger partial charge is 0.191 e. The zero-order valence-corrected chi connectivity index (χ0v) is 16.1. The molecule has 0 aliphatic carbocycles. The normalized spacial score (nSPS) is 11.0. The quantitative estimate of drug-likeness (QED) is 0.474. The number of thioether (sulfide) groups is 1. The molecule has 3 heterocycles. The van der Waals surface area contributed by atoms with Crippen molar-refractivity contribution in [3.05, 3.63) is 65.3 Å². The van der Waals surface area contributed by atoms with E-state index >= 15 is 0 Å². The number of aromatic nitrogens is 5. The van der Waals surface area contributed by atoms with Gasteiger partial charge in [-0.15, -0.1) is 21.5 Å². The largest absolute Gasteiger partial charge is 0.304 e. The molecule has 4 aromatic rings. The highest BCUT2D eigenvalue weighted by molar-refractivity contribution is 7.98. The zero-order chi connectivity index (χ0) is 17.9. The number of hydrogen-bond donors (Lipinski definition) is 0. The Balaban J connectivity index is 1.49. The molecule has 0 atom stereocenters. The molecule has 0 saturated heterocycles. The highest BCUT2D eigenvalue weighted by Crippen LogP contribution is 2.29. The predicted octanol–water partition coefficient (Wildman–Crippen LogP) is 4.60. The minimum Gasteiger partial charge on any atom is -0.304 e. The molecular weight excluding hydrogens is 362 g/mol. The van der Waals surface area contributed by atoms with Crippen LogP contribution in [0.3, 0.4) is 0 Å². The van der Waals surface area contributed by atoms with Crippen LogP contribution in [0.15, 0.2) is 59.2 Å². The Morgan fingerprint density at radius 1 is 1.08 bits per heavy atom. The van der Waals surface area contributed by atoms with Gasteiger partial charge in [-0.3, -0.25) is 4.98 Å². The van der Waals surface area contributed by atoms with Gasteiger partial charge in [-0.1, -0.05) is 42.1 Å². The molecule has 4 rings (SSSR count). The number of aryl methyl sites for hydroxylation is 1. The second kappa shape index (κ2) is 7.39. The molecule has 0 aliphatic rings. The minimum absolute atomic E-state index is 0.760. The van der Waals surface area contributed by atoms with Gasteiger partial charge in [0.25, 0.3) is 0 Å². The van der Waals surface area contributed by atoms with E-state index in [0.717, 1.165) is 33.1 Å². The van der Waals surface area contributed by atoms with Crippen LogP contribution in [0.5, 0.6) is 0 Å². The molecule has 0 unspecified atom stereocenters. The molecule has 0 saturated carbocycles. The standard InChI is InChI=1S/C19H17N5S2/c1-13-7-3-4-8-15(13)18-21-14(11-25-18)12-26-19-23-22-17(24(19)2)16-9-5-6-10-20-16/h3-11H,12H2,1-2H3. The summed E-state index contributed by atoms with van der Waals surface area (Å²) in [4.78, 5) is 9.12. The van der Waals surface area contributed by atoms with Crippen molar-refractivity contribution in [1.82, 2.24) is 24.7 Å². The molecule has 26 heavy (non-hydrogen) atoms. The van der Waals surface area contributed by atoms with E-state index < -0.39 is 0 Å². The van der Waals surface area contributed by atoms with Crippen LogP contribution < -0.4 is 0 Å². The highest BCUT2D eigenvalue weighted by atomic mass is 32.2. The van der Waals surface area contributed by atoms with Crippen LogP contribution in [0.1, 0.15) is 11.3 Å². The van der Waals surface area contributed by atoms with Crippen molar-refractivity contribution in [3.63, 3.8) is 0 Å². The molecule has 0 aliphatic heterocycles. The molecule has 0 spiro atoms. The molecular formula is C19H17N5S2. The summed E-state index contributed by atoms with van der Waals surface area (Å²) in [7, 11) is 1.96. The maximum absolute atomic E-state index is 4.78. The number of benzene rings is 1. The Kier molecular flexibility index (Phi) is 4.81. The fourth-order valence-electron chi connectivity index (χ4n) is 2.61. The third-order valence-corrected chi connectivity index (χ3v) is 5.98. The molecule has 5 nitrogen and oxygen atoms in total. The number of thiazole rings is 1. The van der Waals surface area contributed by atoms with Gasteiger partial charge in [-0.25, -0.2) is 4.98 Å². The van der Waals surface area contributed by atoms with Crippen molar-refractivity contribution in [2.24, 2.45) is 7.05 Å². The highest BCUT2D eigenvalue weighted by Gasteiger charge is 2.13. The van der Waals surface area contributed by atoms with Crippen molar-refractivity contribution in [3.8, 4) is 22.1 Å². The fourth-order valence-corrected chi connectivity index (χ4v) is 4.43. The average Bonchev–Trinajstić information content (AvgIpc) is 3.28. The van der Waals surface area contributed by atoms with Crippen LogP contribution in [-0.2, 0) is 12.8 Å². The Hall–Kier alpha value is -2.51. The summed E-state index contributed by atoms with van der Waals surface area (Å²) in [5.74, 6) is 1.53. The van der Waals surface area contributed by atoms with Gasteiger partial charge >= 0.3 is 0 Å². The first-order chi connectivity index (χ1) is 12.7. The van der Waals surface area contributed by atoms with Gasteiger partial charge in [-0.05, 0) is 24.6 Å². The van der Waals surface area contributed by atoms with E-state index in [-0.39, 0.29) is 0 Å². The molecule has 0 amide bonds. The van der Waals surface area contributed by atoms with E-state index in [4.69, 9.17) is 4.98 Å². The summed E-state index contributed by atoms with van der Waals surface area (Å²) in [6.45, 7) is 2.11. The average molecular weight is 380 g/mol. The molecule has 7 heteroatoms. The molecule has 0 N–H and O–H groups in total. The van der Waals surface area contributed by atoms with E-state index in [0.29, 0.717) is 0 Å². The lowest BCUT2D eigenvalue weighted by atomic mass is 10.1. The number of rotatable bonds is 5. The lowest BCUT2D eigenvalue weighted by Gasteiger charge is -2.02. The first-order valence-electron chi connectivity index (χ1n) is 8.16. The Bertz CT molecular complexity index is 1020. The van der Waals surface area contributed by atoms with E-state index in [9.17, 15) is 0 Å². The van der Waals surface area contributed by atoms with Gasteiger partial charge in [0.15, 0.2) is 11.0 Å². The zero-order valence-electron chi connectivity index (χ0n) is 14.5. The molecule has 3 aromatic heterocycles. The van der Waals surface area contributed by atoms with Gasteiger partial charge in [0, 0.05) is 29.9 Å². The van der Waals surface area contributed by atoms with E-state index in [1.165, 1.54) is 11.1 Å². The third kappa shape index (κ3) is 3.40.